The van der Waals surface area contributed by atoms with Gasteiger partial charge in [-0.2, -0.15) is 0 Å². The molecule has 1 aliphatic carbocycles. The van der Waals surface area contributed by atoms with E-state index >= 15 is 0 Å². The SMILES string of the molecule is c1ccc(-c2cccc3oc4ccc(N(c5ccc6c(c5)C5(c7ccccc7O6)c6ccccc6-c6ccccc65)c5ccc6oc7cccc(-c8ccccc8)c7c6c5)cc4c23)cc1. The Morgan fingerprint density at radius 2 is 0.754 bits per heavy atom. The standard InChI is InChI=1S/C61H37NO3/c1-3-15-38(16-4-1)43-21-13-27-57-59(43)47-35-40(29-32-53(47)63-57)62(41-30-33-54-48(36-41)60-44(22-14-28-58(60)64-54)39-17-5-2-6-18-39)42-31-34-56-52(37-42)61(51-25-11-12-26-55(51)65-56)49-23-9-7-19-45(49)46-20-8-10-24-50(46)61/h1-37H. The zero-order valence-corrected chi connectivity index (χ0v) is 35.0. The Kier molecular flexibility index (Phi) is 7.57. The second-order valence-electron chi connectivity index (χ2n) is 17.1. The van der Waals surface area contributed by atoms with Crippen LogP contribution in [0.2, 0.25) is 0 Å². The molecule has 0 saturated heterocycles. The van der Waals surface area contributed by atoms with Gasteiger partial charge in [0.05, 0.1) is 5.41 Å². The zero-order valence-electron chi connectivity index (χ0n) is 35.0. The Morgan fingerprint density at radius 1 is 0.308 bits per heavy atom. The van der Waals surface area contributed by atoms with E-state index in [9.17, 15) is 0 Å². The minimum Gasteiger partial charge on any atom is -0.457 e. The highest BCUT2D eigenvalue weighted by atomic mass is 16.5. The Bertz CT molecular complexity index is 3680. The molecule has 0 amide bonds. The van der Waals surface area contributed by atoms with Crippen molar-refractivity contribution < 1.29 is 13.6 Å². The maximum atomic E-state index is 6.90. The molecule has 1 spiro atoms. The smallest absolute Gasteiger partial charge is 0.136 e. The molecule has 2 aromatic heterocycles. The van der Waals surface area contributed by atoms with E-state index in [1.54, 1.807) is 0 Å². The lowest BCUT2D eigenvalue weighted by atomic mass is 9.66. The van der Waals surface area contributed by atoms with E-state index in [4.69, 9.17) is 13.6 Å². The van der Waals surface area contributed by atoms with Gasteiger partial charge in [0, 0.05) is 49.7 Å². The molecule has 0 saturated carbocycles. The summed E-state index contributed by atoms with van der Waals surface area (Å²) in [4.78, 5) is 2.38. The van der Waals surface area contributed by atoms with Crippen LogP contribution in [0.25, 0.3) is 77.3 Å². The summed E-state index contributed by atoms with van der Waals surface area (Å²) in [6.07, 6.45) is 0. The normalized spacial score (nSPS) is 13.2. The third-order valence-electron chi connectivity index (χ3n) is 13.7. The predicted octanol–water partition coefficient (Wildman–Crippen LogP) is 16.8. The molecule has 4 heteroatoms. The fraction of sp³-hybridized carbons (Fsp3) is 0.0164. The van der Waals surface area contributed by atoms with Crippen molar-refractivity contribution in [2.24, 2.45) is 0 Å². The number of anilines is 3. The van der Waals surface area contributed by atoms with Gasteiger partial charge in [-0.05, 0) is 117 Å². The van der Waals surface area contributed by atoms with Gasteiger partial charge in [-0.15, -0.1) is 0 Å². The fourth-order valence-corrected chi connectivity index (χ4v) is 11.1. The summed E-state index contributed by atoms with van der Waals surface area (Å²) in [5.74, 6) is 1.71. The molecule has 0 N–H and O–H groups in total. The molecule has 1 aliphatic heterocycles. The van der Waals surface area contributed by atoms with Gasteiger partial charge in [-0.3, -0.25) is 0 Å². The Morgan fingerprint density at radius 3 is 1.32 bits per heavy atom. The van der Waals surface area contributed by atoms with Crippen LogP contribution in [0.15, 0.2) is 233 Å². The van der Waals surface area contributed by atoms with E-state index in [0.29, 0.717) is 0 Å². The van der Waals surface area contributed by atoms with Crippen molar-refractivity contribution in [1.29, 1.82) is 0 Å². The molecule has 4 nitrogen and oxygen atoms in total. The number of para-hydroxylation sites is 1. The van der Waals surface area contributed by atoms with E-state index in [-0.39, 0.29) is 0 Å². The molecule has 304 valence electrons. The number of hydrogen-bond acceptors (Lipinski definition) is 4. The molecule has 0 atom stereocenters. The number of furan rings is 2. The first-order chi connectivity index (χ1) is 32.2. The summed E-state index contributed by atoms with van der Waals surface area (Å²) in [5.41, 5.74) is 17.5. The number of rotatable bonds is 5. The first kappa shape index (κ1) is 35.9. The average Bonchev–Trinajstić information content (AvgIpc) is 4.03. The Labute approximate surface area is 374 Å². The molecule has 3 heterocycles. The largest absolute Gasteiger partial charge is 0.457 e. The molecule has 65 heavy (non-hydrogen) atoms. The van der Waals surface area contributed by atoms with E-state index in [2.05, 4.69) is 229 Å². The average molecular weight is 832 g/mol. The lowest BCUT2D eigenvalue weighted by molar-refractivity contribution is 0.436. The summed E-state index contributed by atoms with van der Waals surface area (Å²) in [6.45, 7) is 0. The molecular weight excluding hydrogens is 795 g/mol. The van der Waals surface area contributed by atoms with Gasteiger partial charge >= 0.3 is 0 Å². The first-order valence-corrected chi connectivity index (χ1v) is 22.2. The minimum atomic E-state index is -0.621. The molecule has 12 aromatic rings. The summed E-state index contributed by atoms with van der Waals surface area (Å²) < 4.78 is 20.1. The maximum absolute atomic E-state index is 6.90. The van der Waals surface area contributed by atoms with Crippen molar-refractivity contribution in [3.8, 4) is 44.9 Å². The molecule has 10 aromatic carbocycles. The van der Waals surface area contributed by atoms with Crippen LogP contribution in [0.3, 0.4) is 0 Å². The molecule has 0 fully saturated rings. The highest BCUT2D eigenvalue weighted by molar-refractivity contribution is 6.15. The van der Waals surface area contributed by atoms with Crippen LogP contribution in [-0.4, -0.2) is 0 Å². The Balaban J connectivity index is 1.05. The van der Waals surface area contributed by atoms with E-state index < -0.39 is 5.41 Å². The predicted molar refractivity (Wildman–Crippen MR) is 264 cm³/mol. The third kappa shape index (κ3) is 5.13. The molecule has 2 aliphatic rings. The lowest BCUT2D eigenvalue weighted by Gasteiger charge is -2.40. The highest BCUT2D eigenvalue weighted by Gasteiger charge is 2.51. The fourth-order valence-electron chi connectivity index (χ4n) is 11.1. The van der Waals surface area contributed by atoms with Crippen molar-refractivity contribution in [3.63, 3.8) is 0 Å². The number of hydrogen-bond donors (Lipinski definition) is 0. The molecule has 0 unspecified atom stereocenters. The van der Waals surface area contributed by atoms with Crippen molar-refractivity contribution in [2.75, 3.05) is 4.90 Å². The zero-order chi connectivity index (χ0) is 42.6. The van der Waals surface area contributed by atoms with Crippen LogP contribution in [0.5, 0.6) is 11.5 Å². The Hall–Kier alpha value is -8.60. The quantitative estimate of drug-likeness (QED) is 0.173. The molecule has 0 radical (unpaired) electrons. The number of fused-ring (bicyclic) bond motifs is 15. The van der Waals surface area contributed by atoms with Gasteiger partial charge in [0.25, 0.3) is 0 Å². The van der Waals surface area contributed by atoms with Crippen molar-refractivity contribution in [3.05, 3.63) is 247 Å². The van der Waals surface area contributed by atoms with Gasteiger partial charge in [0.2, 0.25) is 0 Å². The van der Waals surface area contributed by atoms with E-state index in [0.717, 1.165) is 106 Å². The topological polar surface area (TPSA) is 38.8 Å². The van der Waals surface area contributed by atoms with Gasteiger partial charge < -0.3 is 18.5 Å². The first-order valence-electron chi connectivity index (χ1n) is 22.2. The second kappa shape index (κ2) is 13.7. The lowest BCUT2D eigenvalue weighted by Crippen LogP contribution is -2.32. The van der Waals surface area contributed by atoms with Gasteiger partial charge in [-0.1, -0.05) is 152 Å². The number of nitrogens with zero attached hydrogens (tertiary/aromatic N) is 1. The summed E-state index contributed by atoms with van der Waals surface area (Å²) in [5, 5.41) is 4.28. The molecule has 14 rings (SSSR count). The summed E-state index contributed by atoms with van der Waals surface area (Å²) in [7, 11) is 0. The van der Waals surface area contributed by atoms with Crippen LogP contribution >= 0.6 is 0 Å². The van der Waals surface area contributed by atoms with Crippen molar-refractivity contribution in [2.45, 2.75) is 5.41 Å². The van der Waals surface area contributed by atoms with E-state index in [1.807, 2.05) is 0 Å². The van der Waals surface area contributed by atoms with Crippen molar-refractivity contribution >= 4 is 60.9 Å². The van der Waals surface area contributed by atoms with Gasteiger partial charge in [0.1, 0.15) is 33.8 Å². The number of benzene rings is 10. The van der Waals surface area contributed by atoms with Crippen LogP contribution in [0.1, 0.15) is 22.3 Å². The van der Waals surface area contributed by atoms with E-state index in [1.165, 1.54) is 22.3 Å². The van der Waals surface area contributed by atoms with Crippen molar-refractivity contribution in [1.82, 2.24) is 0 Å². The van der Waals surface area contributed by atoms with Crippen LogP contribution in [-0.2, 0) is 5.41 Å². The molecular formula is C61H37NO3. The summed E-state index contributed by atoms with van der Waals surface area (Å²) in [6, 6.07) is 80.1. The highest BCUT2D eigenvalue weighted by Crippen LogP contribution is 2.62. The monoisotopic (exact) mass is 831 g/mol. The second-order valence-corrected chi connectivity index (χ2v) is 17.1. The van der Waals surface area contributed by atoms with Gasteiger partial charge in [-0.25, -0.2) is 0 Å². The maximum Gasteiger partial charge on any atom is 0.136 e. The van der Waals surface area contributed by atoms with Crippen LogP contribution < -0.4 is 9.64 Å². The minimum absolute atomic E-state index is 0.621. The van der Waals surface area contributed by atoms with Crippen LogP contribution in [0.4, 0.5) is 17.1 Å². The van der Waals surface area contributed by atoms with Gasteiger partial charge in [0.15, 0.2) is 0 Å². The summed E-state index contributed by atoms with van der Waals surface area (Å²) >= 11 is 0. The number of ether oxygens (including phenoxy) is 1. The molecule has 0 bridgehead atoms. The van der Waals surface area contributed by atoms with Crippen LogP contribution in [0, 0.1) is 0 Å². The third-order valence-corrected chi connectivity index (χ3v) is 13.7.